The highest BCUT2D eigenvalue weighted by Gasteiger charge is 2.36. The molecule has 1 aliphatic heterocycles. The highest BCUT2D eigenvalue weighted by Crippen LogP contribution is 2.45. The molecule has 4 nitrogen and oxygen atoms in total. The first kappa shape index (κ1) is 13.9. The number of anilines is 2. The minimum Gasteiger partial charge on any atom is -0.357 e. The minimum atomic E-state index is 0.611. The molecule has 3 rings (SSSR count). The zero-order valence-corrected chi connectivity index (χ0v) is 12.9. The Balaban J connectivity index is 1.71. The van der Waals surface area contributed by atoms with E-state index < -0.39 is 0 Å². The summed E-state index contributed by atoms with van der Waals surface area (Å²) in [6, 6.07) is 0. The van der Waals surface area contributed by atoms with Crippen LogP contribution in [0.25, 0.3) is 0 Å². The Morgan fingerprint density at radius 3 is 2.50 bits per heavy atom. The van der Waals surface area contributed by atoms with Gasteiger partial charge in [0, 0.05) is 20.1 Å². The van der Waals surface area contributed by atoms with Gasteiger partial charge in [-0.05, 0) is 31.1 Å². The summed E-state index contributed by atoms with van der Waals surface area (Å²) >= 11 is 6.27. The molecular formula is C15H23ClN4. The summed E-state index contributed by atoms with van der Waals surface area (Å²) in [6.45, 7) is 2.14. The lowest BCUT2D eigenvalue weighted by Crippen LogP contribution is -2.41. The molecule has 20 heavy (non-hydrogen) atoms. The summed E-state index contributed by atoms with van der Waals surface area (Å²) in [5, 5.41) is 3.64. The minimum absolute atomic E-state index is 0.611. The van der Waals surface area contributed by atoms with Crippen LogP contribution in [0.15, 0.2) is 6.20 Å². The Bertz CT molecular complexity index is 461. The van der Waals surface area contributed by atoms with Crippen LogP contribution in [0, 0.1) is 5.41 Å². The van der Waals surface area contributed by atoms with Gasteiger partial charge < -0.3 is 10.2 Å². The zero-order chi connectivity index (χ0) is 14.0. The number of hydrogen-bond acceptors (Lipinski definition) is 4. The van der Waals surface area contributed by atoms with E-state index in [0.717, 1.165) is 18.9 Å². The van der Waals surface area contributed by atoms with Crippen molar-refractivity contribution in [2.24, 2.45) is 5.41 Å². The predicted molar refractivity (Wildman–Crippen MR) is 83.6 cm³/mol. The molecule has 0 atom stereocenters. The number of rotatable bonds is 2. The molecule has 2 heterocycles. The second-order valence-electron chi connectivity index (χ2n) is 6.16. The molecule has 0 unspecified atom stereocenters. The Hall–Kier alpha value is -1.03. The normalized spacial score (nSPS) is 22.0. The first-order chi connectivity index (χ1) is 9.72. The molecule has 1 aromatic heterocycles. The van der Waals surface area contributed by atoms with Crippen molar-refractivity contribution in [3.8, 4) is 0 Å². The predicted octanol–water partition coefficient (Wildman–Crippen LogP) is 3.72. The molecule has 1 saturated heterocycles. The van der Waals surface area contributed by atoms with E-state index in [0.29, 0.717) is 16.4 Å². The molecule has 1 spiro atoms. The molecule has 0 aromatic carbocycles. The average Bonchev–Trinajstić information content (AvgIpc) is 2.50. The molecule has 1 aromatic rings. The van der Waals surface area contributed by atoms with Crippen molar-refractivity contribution in [1.29, 1.82) is 0 Å². The summed E-state index contributed by atoms with van der Waals surface area (Å²) in [5.41, 5.74) is 0.611. The Labute approximate surface area is 125 Å². The van der Waals surface area contributed by atoms with Gasteiger partial charge in [0.05, 0.1) is 6.20 Å². The highest BCUT2D eigenvalue weighted by atomic mass is 35.5. The lowest BCUT2D eigenvalue weighted by atomic mass is 9.68. The van der Waals surface area contributed by atoms with Gasteiger partial charge in [-0.25, -0.2) is 4.98 Å². The van der Waals surface area contributed by atoms with Crippen molar-refractivity contribution in [3.63, 3.8) is 0 Å². The molecule has 0 bridgehead atoms. The summed E-state index contributed by atoms with van der Waals surface area (Å²) in [4.78, 5) is 11.0. The molecule has 5 heteroatoms. The third-order valence-electron chi connectivity index (χ3n) is 4.99. The fraction of sp³-hybridized carbons (Fsp3) is 0.733. The smallest absolute Gasteiger partial charge is 0.224 e. The standard InChI is InChI=1S/C15H23ClN4/c1-17-14-18-11-12(16)13(19-14)20-9-7-15(8-10-20)5-3-2-4-6-15/h11H,2-10H2,1H3,(H,17,18,19). The van der Waals surface area contributed by atoms with E-state index in [1.54, 1.807) is 6.20 Å². The maximum atomic E-state index is 6.27. The molecule has 1 saturated carbocycles. The summed E-state index contributed by atoms with van der Waals surface area (Å²) in [6.07, 6.45) is 11.3. The highest BCUT2D eigenvalue weighted by molar-refractivity contribution is 6.32. The van der Waals surface area contributed by atoms with Crippen molar-refractivity contribution in [2.75, 3.05) is 30.4 Å². The van der Waals surface area contributed by atoms with Gasteiger partial charge in [-0.3, -0.25) is 0 Å². The second kappa shape index (κ2) is 5.76. The SMILES string of the molecule is CNc1ncc(Cl)c(N2CCC3(CCCCC3)CC2)n1. The van der Waals surface area contributed by atoms with Gasteiger partial charge in [0.15, 0.2) is 5.82 Å². The first-order valence-electron chi connectivity index (χ1n) is 7.68. The van der Waals surface area contributed by atoms with Crippen LogP contribution in [-0.4, -0.2) is 30.1 Å². The van der Waals surface area contributed by atoms with E-state index in [1.807, 2.05) is 7.05 Å². The van der Waals surface area contributed by atoms with Crippen LogP contribution < -0.4 is 10.2 Å². The average molecular weight is 295 g/mol. The fourth-order valence-corrected chi connectivity index (χ4v) is 3.91. The van der Waals surface area contributed by atoms with Gasteiger partial charge in [-0.15, -0.1) is 0 Å². The van der Waals surface area contributed by atoms with E-state index in [-0.39, 0.29) is 0 Å². The van der Waals surface area contributed by atoms with Gasteiger partial charge in [0.1, 0.15) is 5.02 Å². The lowest BCUT2D eigenvalue weighted by molar-refractivity contribution is 0.144. The Morgan fingerprint density at radius 1 is 1.15 bits per heavy atom. The van der Waals surface area contributed by atoms with Crippen molar-refractivity contribution >= 4 is 23.4 Å². The number of nitrogens with one attached hydrogen (secondary N) is 1. The summed E-state index contributed by atoms with van der Waals surface area (Å²) in [5.74, 6) is 1.53. The van der Waals surface area contributed by atoms with Crippen molar-refractivity contribution in [2.45, 2.75) is 44.9 Å². The van der Waals surface area contributed by atoms with Crippen molar-refractivity contribution in [1.82, 2.24) is 9.97 Å². The van der Waals surface area contributed by atoms with Crippen LogP contribution in [0.3, 0.4) is 0 Å². The maximum absolute atomic E-state index is 6.27. The molecular weight excluding hydrogens is 272 g/mol. The van der Waals surface area contributed by atoms with E-state index in [2.05, 4.69) is 20.2 Å². The van der Waals surface area contributed by atoms with Crippen LogP contribution >= 0.6 is 11.6 Å². The number of aromatic nitrogens is 2. The molecule has 0 radical (unpaired) electrons. The van der Waals surface area contributed by atoms with Gasteiger partial charge in [0.25, 0.3) is 0 Å². The zero-order valence-electron chi connectivity index (χ0n) is 12.2. The summed E-state index contributed by atoms with van der Waals surface area (Å²) < 4.78 is 0. The molecule has 1 N–H and O–H groups in total. The van der Waals surface area contributed by atoms with Gasteiger partial charge >= 0.3 is 0 Å². The number of hydrogen-bond donors (Lipinski definition) is 1. The fourth-order valence-electron chi connectivity index (χ4n) is 3.69. The van der Waals surface area contributed by atoms with Crippen LogP contribution in [-0.2, 0) is 0 Å². The maximum Gasteiger partial charge on any atom is 0.224 e. The number of nitrogens with zero attached hydrogens (tertiary/aromatic N) is 3. The van der Waals surface area contributed by atoms with Gasteiger partial charge in [-0.1, -0.05) is 30.9 Å². The van der Waals surface area contributed by atoms with Gasteiger partial charge in [0.2, 0.25) is 5.95 Å². The second-order valence-corrected chi connectivity index (χ2v) is 6.57. The monoisotopic (exact) mass is 294 g/mol. The third-order valence-corrected chi connectivity index (χ3v) is 5.25. The molecule has 2 fully saturated rings. The largest absolute Gasteiger partial charge is 0.357 e. The molecule has 1 aliphatic carbocycles. The number of halogens is 1. The van der Waals surface area contributed by atoms with Crippen molar-refractivity contribution in [3.05, 3.63) is 11.2 Å². The molecule has 2 aliphatic rings. The van der Waals surface area contributed by atoms with Crippen LogP contribution in [0.4, 0.5) is 11.8 Å². The molecule has 110 valence electrons. The Morgan fingerprint density at radius 2 is 1.85 bits per heavy atom. The van der Waals surface area contributed by atoms with E-state index in [4.69, 9.17) is 11.6 Å². The van der Waals surface area contributed by atoms with Crippen LogP contribution in [0.5, 0.6) is 0 Å². The van der Waals surface area contributed by atoms with E-state index in [9.17, 15) is 0 Å². The van der Waals surface area contributed by atoms with Crippen LogP contribution in [0.2, 0.25) is 5.02 Å². The first-order valence-corrected chi connectivity index (χ1v) is 8.05. The van der Waals surface area contributed by atoms with E-state index >= 15 is 0 Å². The van der Waals surface area contributed by atoms with Crippen molar-refractivity contribution < 1.29 is 0 Å². The third kappa shape index (κ3) is 2.71. The van der Waals surface area contributed by atoms with Gasteiger partial charge in [-0.2, -0.15) is 4.98 Å². The van der Waals surface area contributed by atoms with Crippen LogP contribution in [0.1, 0.15) is 44.9 Å². The lowest BCUT2D eigenvalue weighted by Gasteiger charge is -2.44. The molecule has 0 amide bonds. The topological polar surface area (TPSA) is 41.1 Å². The summed E-state index contributed by atoms with van der Waals surface area (Å²) in [7, 11) is 1.83. The number of piperidine rings is 1. The van der Waals surface area contributed by atoms with E-state index in [1.165, 1.54) is 44.9 Å². The Kier molecular flexibility index (Phi) is 4.01. The quantitative estimate of drug-likeness (QED) is 0.902.